The van der Waals surface area contributed by atoms with Gasteiger partial charge in [0.2, 0.25) is 0 Å². The van der Waals surface area contributed by atoms with Gasteiger partial charge in [0.1, 0.15) is 0 Å². The van der Waals surface area contributed by atoms with Crippen LogP contribution in [0.5, 0.6) is 0 Å². The third-order valence-electron chi connectivity index (χ3n) is 4.61. The number of aryl methyl sites for hydroxylation is 1. The Morgan fingerprint density at radius 1 is 1.13 bits per heavy atom. The molecule has 0 aliphatic heterocycles. The Morgan fingerprint density at radius 3 is 2.47 bits per heavy atom. The lowest BCUT2D eigenvalue weighted by Gasteiger charge is -2.21. The molecule has 0 radical (unpaired) electrons. The number of hydrogen-bond donors (Lipinski definition) is 1. The van der Waals surface area contributed by atoms with Gasteiger partial charge >= 0.3 is 6.18 Å². The number of fused-ring (bicyclic) bond motifs is 1. The van der Waals surface area contributed by atoms with Gasteiger partial charge in [-0.05, 0) is 51.1 Å². The van der Waals surface area contributed by atoms with Crippen molar-refractivity contribution < 1.29 is 18.0 Å². The van der Waals surface area contributed by atoms with Gasteiger partial charge in [0, 0.05) is 36.1 Å². The van der Waals surface area contributed by atoms with E-state index in [9.17, 15) is 18.0 Å². The maximum Gasteiger partial charge on any atom is 0.416 e. The highest BCUT2D eigenvalue weighted by atomic mass is 35.5. The van der Waals surface area contributed by atoms with E-state index in [-0.39, 0.29) is 29.6 Å². The van der Waals surface area contributed by atoms with Crippen LogP contribution in [0.2, 0.25) is 0 Å². The molecule has 0 saturated heterocycles. The number of carbonyl (C=O) groups is 1. The Morgan fingerprint density at radius 2 is 1.83 bits per heavy atom. The molecule has 0 fully saturated rings. The summed E-state index contributed by atoms with van der Waals surface area (Å²) in [5.41, 5.74) is 1.28. The Hall–Kier alpha value is -2.87. The van der Waals surface area contributed by atoms with E-state index in [0.29, 0.717) is 29.8 Å². The summed E-state index contributed by atoms with van der Waals surface area (Å²) in [4.78, 5) is 23.3. The largest absolute Gasteiger partial charge is 0.416 e. The first-order chi connectivity index (χ1) is 13.7. The number of nitrogens with one attached hydrogen (secondary N) is 1. The van der Waals surface area contributed by atoms with Crippen molar-refractivity contribution in [3.8, 4) is 0 Å². The minimum absolute atomic E-state index is 0. The van der Waals surface area contributed by atoms with Crippen molar-refractivity contribution in [3.63, 3.8) is 0 Å². The Labute approximate surface area is 178 Å². The fourth-order valence-corrected chi connectivity index (χ4v) is 3.07. The fourth-order valence-electron chi connectivity index (χ4n) is 3.07. The van der Waals surface area contributed by atoms with Crippen LogP contribution in [-0.4, -0.2) is 33.9 Å². The second-order valence-electron chi connectivity index (χ2n) is 6.55. The first kappa shape index (κ1) is 23.4. The summed E-state index contributed by atoms with van der Waals surface area (Å²) >= 11 is 0. The van der Waals surface area contributed by atoms with Gasteiger partial charge in [-0.15, -0.1) is 12.4 Å². The number of alkyl halides is 3. The highest BCUT2D eigenvalue weighted by molar-refractivity contribution is 6.07. The van der Waals surface area contributed by atoms with Gasteiger partial charge in [0.15, 0.2) is 5.65 Å². The monoisotopic (exact) mass is 438 g/mol. The number of anilines is 2. The molecule has 1 amide bonds. The van der Waals surface area contributed by atoms with Crippen molar-refractivity contribution in [2.24, 2.45) is 0 Å². The SMILES string of the molecule is CCN(CC)C(=O)c1cnc2nc(C)ccc2c1Nc1cccc(C(F)(F)F)c1.Cl. The molecule has 5 nitrogen and oxygen atoms in total. The quantitative estimate of drug-likeness (QED) is 0.563. The molecule has 160 valence electrons. The summed E-state index contributed by atoms with van der Waals surface area (Å²) in [6, 6.07) is 8.40. The lowest BCUT2D eigenvalue weighted by Crippen LogP contribution is -2.31. The number of amides is 1. The van der Waals surface area contributed by atoms with Gasteiger partial charge in [-0.25, -0.2) is 9.97 Å². The van der Waals surface area contributed by atoms with Gasteiger partial charge < -0.3 is 10.2 Å². The molecule has 2 aromatic heterocycles. The first-order valence-corrected chi connectivity index (χ1v) is 9.24. The summed E-state index contributed by atoms with van der Waals surface area (Å²) in [7, 11) is 0. The van der Waals surface area contributed by atoms with Crippen LogP contribution in [0.3, 0.4) is 0 Å². The summed E-state index contributed by atoms with van der Waals surface area (Å²) in [6.07, 6.45) is -3.04. The van der Waals surface area contributed by atoms with Gasteiger partial charge in [-0.1, -0.05) is 6.07 Å². The maximum absolute atomic E-state index is 13.1. The third kappa shape index (κ3) is 4.81. The molecule has 9 heteroatoms. The van der Waals surface area contributed by atoms with E-state index in [1.54, 1.807) is 17.0 Å². The number of halogens is 4. The first-order valence-electron chi connectivity index (χ1n) is 9.24. The maximum atomic E-state index is 13.1. The van der Waals surface area contributed by atoms with Crippen LogP contribution in [0.15, 0.2) is 42.6 Å². The minimum atomic E-state index is -4.46. The van der Waals surface area contributed by atoms with Crippen molar-refractivity contribution in [1.29, 1.82) is 0 Å². The third-order valence-corrected chi connectivity index (χ3v) is 4.61. The number of pyridine rings is 2. The second-order valence-corrected chi connectivity index (χ2v) is 6.55. The van der Waals surface area contributed by atoms with E-state index in [2.05, 4.69) is 15.3 Å². The van der Waals surface area contributed by atoms with Crippen molar-refractivity contribution in [3.05, 3.63) is 59.4 Å². The van der Waals surface area contributed by atoms with Crippen molar-refractivity contribution in [2.45, 2.75) is 26.9 Å². The molecular formula is C21H22ClF3N4O. The molecule has 0 aliphatic carbocycles. The zero-order valence-electron chi connectivity index (χ0n) is 16.7. The van der Waals surface area contributed by atoms with Crippen LogP contribution >= 0.6 is 12.4 Å². The molecule has 0 unspecified atom stereocenters. The van der Waals surface area contributed by atoms with E-state index in [4.69, 9.17) is 0 Å². The van der Waals surface area contributed by atoms with Gasteiger partial charge in [0.25, 0.3) is 5.91 Å². The number of hydrogen-bond acceptors (Lipinski definition) is 4. The Balaban J connectivity index is 0.00000320. The number of benzene rings is 1. The molecule has 0 spiro atoms. The zero-order chi connectivity index (χ0) is 21.2. The van der Waals surface area contributed by atoms with Gasteiger partial charge in [-0.3, -0.25) is 4.79 Å². The van der Waals surface area contributed by atoms with Crippen LogP contribution in [0.25, 0.3) is 11.0 Å². The van der Waals surface area contributed by atoms with E-state index >= 15 is 0 Å². The number of carbonyl (C=O) groups excluding carboxylic acids is 1. The van der Waals surface area contributed by atoms with Gasteiger partial charge in [0.05, 0.1) is 16.8 Å². The van der Waals surface area contributed by atoms with E-state index in [1.165, 1.54) is 18.3 Å². The van der Waals surface area contributed by atoms with Crippen molar-refractivity contribution >= 4 is 40.7 Å². The molecule has 1 aromatic carbocycles. The van der Waals surface area contributed by atoms with Gasteiger partial charge in [-0.2, -0.15) is 13.2 Å². The Kier molecular flexibility index (Phi) is 7.25. The highest BCUT2D eigenvalue weighted by Crippen LogP contribution is 2.34. The van der Waals surface area contributed by atoms with Crippen molar-refractivity contribution in [1.82, 2.24) is 14.9 Å². The highest BCUT2D eigenvalue weighted by Gasteiger charge is 2.30. The zero-order valence-corrected chi connectivity index (χ0v) is 17.6. The Bertz CT molecular complexity index is 1050. The number of nitrogens with zero attached hydrogens (tertiary/aromatic N) is 3. The van der Waals surface area contributed by atoms with Crippen LogP contribution in [-0.2, 0) is 6.18 Å². The molecule has 0 aliphatic rings. The molecular weight excluding hydrogens is 417 g/mol. The summed E-state index contributed by atoms with van der Waals surface area (Å²) in [6.45, 7) is 6.54. The smallest absolute Gasteiger partial charge is 0.354 e. The van der Waals surface area contributed by atoms with E-state index < -0.39 is 11.7 Å². The molecule has 0 bridgehead atoms. The van der Waals surface area contributed by atoms with Crippen LogP contribution in [0, 0.1) is 6.92 Å². The normalized spacial score (nSPS) is 11.1. The van der Waals surface area contributed by atoms with E-state index in [0.717, 1.165) is 17.8 Å². The predicted octanol–water partition coefficient (Wildman–Crippen LogP) is 5.60. The number of rotatable bonds is 5. The number of aromatic nitrogens is 2. The second kappa shape index (κ2) is 9.30. The lowest BCUT2D eigenvalue weighted by atomic mass is 10.1. The van der Waals surface area contributed by atoms with Crippen LogP contribution in [0.1, 0.15) is 35.5 Å². The molecule has 0 atom stereocenters. The standard InChI is InChI=1S/C21H21F3N4O.ClH/c1-4-28(5-2)20(29)17-12-25-19-16(10-9-13(3)26-19)18(17)27-15-8-6-7-14(11-15)21(22,23)24;/h6-12H,4-5H2,1-3H3,(H,25,26,27);1H. The fraction of sp³-hybridized carbons (Fsp3) is 0.286. The molecule has 3 rings (SSSR count). The predicted molar refractivity (Wildman–Crippen MR) is 114 cm³/mol. The summed E-state index contributed by atoms with van der Waals surface area (Å²) in [5, 5.41) is 3.57. The lowest BCUT2D eigenvalue weighted by molar-refractivity contribution is -0.137. The van der Waals surface area contributed by atoms with Crippen LogP contribution in [0.4, 0.5) is 24.5 Å². The van der Waals surface area contributed by atoms with Crippen LogP contribution < -0.4 is 5.32 Å². The van der Waals surface area contributed by atoms with E-state index in [1.807, 2.05) is 20.8 Å². The molecule has 3 aromatic rings. The van der Waals surface area contributed by atoms with Crippen molar-refractivity contribution in [2.75, 3.05) is 18.4 Å². The summed E-state index contributed by atoms with van der Waals surface area (Å²) < 4.78 is 39.3. The average Bonchev–Trinajstić information content (AvgIpc) is 2.68. The topological polar surface area (TPSA) is 58.1 Å². The molecule has 1 N–H and O–H groups in total. The molecule has 2 heterocycles. The summed E-state index contributed by atoms with van der Waals surface area (Å²) in [5.74, 6) is -0.251. The molecule has 30 heavy (non-hydrogen) atoms. The average molecular weight is 439 g/mol. The minimum Gasteiger partial charge on any atom is -0.354 e. The molecule has 0 saturated carbocycles.